The Balaban J connectivity index is 1.71. The van der Waals surface area contributed by atoms with Crippen LogP contribution in [-0.2, 0) is 17.8 Å². The maximum Gasteiger partial charge on any atom is 0.237 e. The average Bonchev–Trinajstić information content (AvgIpc) is 3.25. The van der Waals surface area contributed by atoms with E-state index >= 15 is 0 Å². The summed E-state index contributed by atoms with van der Waals surface area (Å²) in [7, 11) is 0. The molecule has 0 radical (unpaired) electrons. The molecule has 1 aliphatic carbocycles. The topological polar surface area (TPSA) is 46.1 Å². The Bertz CT molecular complexity index is 860. The van der Waals surface area contributed by atoms with Crippen molar-refractivity contribution in [1.82, 2.24) is 15.2 Å². The van der Waals surface area contributed by atoms with Crippen molar-refractivity contribution in [3.63, 3.8) is 0 Å². The van der Waals surface area contributed by atoms with Crippen molar-refractivity contribution in [1.29, 1.82) is 0 Å². The zero-order valence-corrected chi connectivity index (χ0v) is 17.2. The molecule has 1 amide bonds. The Labute approximate surface area is 168 Å². The van der Waals surface area contributed by atoms with Crippen LogP contribution < -0.4 is 10.6 Å². The molecule has 2 aliphatic rings. The Morgan fingerprint density at radius 2 is 2.14 bits per heavy atom. The van der Waals surface area contributed by atoms with E-state index < -0.39 is 0 Å². The molecule has 1 fully saturated rings. The molecule has 0 spiro atoms. The quantitative estimate of drug-likeness (QED) is 0.727. The van der Waals surface area contributed by atoms with E-state index in [9.17, 15) is 4.79 Å². The number of carbonyl (C=O) groups excluding carboxylic acids is 1. The second kappa shape index (κ2) is 8.12. The average molecular weight is 380 g/mol. The molecular weight excluding hydrogens is 346 g/mol. The highest BCUT2D eigenvalue weighted by molar-refractivity contribution is 5.90. The van der Waals surface area contributed by atoms with E-state index in [2.05, 4.69) is 60.0 Å². The van der Waals surface area contributed by atoms with Crippen molar-refractivity contribution in [2.24, 2.45) is 5.92 Å². The van der Waals surface area contributed by atoms with Crippen LogP contribution in [0.15, 0.2) is 37.1 Å². The number of aromatic nitrogens is 1. The van der Waals surface area contributed by atoms with Gasteiger partial charge >= 0.3 is 0 Å². The van der Waals surface area contributed by atoms with E-state index in [1.165, 1.54) is 34.9 Å². The van der Waals surface area contributed by atoms with Crippen molar-refractivity contribution in [2.45, 2.75) is 77.0 Å². The number of hydrogen-bond donors (Lipinski definition) is 2. The molecule has 1 saturated carbocycles. The van der Waals surface area contributed by atoms with Crippen LogP contribution >= 0.6 is 0 Å². The van der Waals surface area contributed by atoms with Gasteiger partial charge in [-0.1, -0.05) is 44.9 Å². The third-order valence-electron chi connectivity index (χ3n) is 6.27. The minimum atomic E-state index is -0.181. The molecule has 1 aromatic carbocycles. The van der Waals surface area contributed by atoms with Gasteiger partial charge in [0.15, 0.2) is 0 Å². The molecule has 2 N–H and O–H groups in total. The van der Waals surface area contributed by atoms with Crippen molar-refractivity contribution in [3.8, 4) is 0 Å². The van der Waals surface area contributed by atoms with Gasteiger partial charge in [-0.15, -0.1) is 6.58 Å². The molecule has 0 bridgehead atoms. The summed E-state index contributed by atoms with van der Waals surface area (Å²) in [6.45, 7) is 9.21. The molecule has 1 aliphatic heterocycles. The molecule has 4 heteroatoms. The number of hydrogen-bond acceptors (Lipinski definition) is 2. The first-order valence-corrected chi connectivity index (χ1v) is 10.8. The standard InChI is InChI=1S/C24H33N3O/c1-4-12-27-15-17-14-21(24(28)25-18-8-5-6-9-18)26-20(13-16(2)3)19-10-7-11-22(27)23(17)19/h4,7,10-11,15-16,18,20-21,26H,1,5-6,8-9,12-14H2,2-3H3,(H,25,28)/t20-,21-/m0/s1. The Kier molecular flexibility index (Phi) is 5.58. The van der Waals surface area contributed by atoms with Crippen LogP contribution in [0.2, 0.25) is 0 Å². The first-order valence-electron chi connectivity index (χ1n) is 10.8. The molecule has 2 atom stereocenters. The van der Waals surface area contributed by atoms with Crippen LogP contribution in [0.5, 0.6) is 0 Å². The monoisotopic (exact) mass is 379 g/mol. The first kappa shape index (κ1) is 19.3. The highest BCUT2D eigenvalue weighted by atomic mass is 16.2. The van der Waals surface area contributed by atoms with E-state index in [0.29, 0.717) is 12.0 Å². The number of allylic oxidation sites excluding steroid dienone is 1. The van der Waals surface area contributed by atoms with Crippen molar-refractivity contribution >= 4 is 16.8 Å². The van der Waals surface area contributed by atoms with Crippen LogP contribution in [0.25, 0.3) is 10.9 Å². The Hall–Kier alpha value is -2.07. The van der Waals surface area contributed by atoms with Gasteiger partial charge in [0.05, 0.1) is 6.04 Å². The second-order valence-corrected chi connectivity index (χ2v) is 8.93. The first-order chi connectivity index (χ1) is 13.6. The number of rotatable bonds is 6. The van der Waals surface area contributed by atoms with Gasteiger partial charge in [-0.25, -0.2) is 0 Å². The maximum absolute atomic E-state index is 13.1. The fourth-order valence-electron chi connectivity index (χ4n) is 5.02. The number of nitrogens with one attached hydrogen (secondary N) is 2. The molecule has 4 nitrogen and oxygen atoms in total. The van der Waals surface area contributed by atoms with Crippen molar-refractivity contribution in [2.75, 3.05) is 0 Å². The minimum Gasteiger partial charge on any atom is -0.352 e. The lowest BCUT2D eigenvalue weighted by Crippen LogP contribution is -2.49. The van der Waals surface area contributed by atoms with Crippen LogP contribution in [0.1, 0.15) is 63.1 Å². The minimum absolute atomic E-state index is 0.165. The highest BCUT2D eigenvalue weighted by Crippen LogP contribution is 2.35. The summed E-state index contributed by atoms with van der Waals surface area (Å²) in [5.41, 5.74) is 3.86. The van der Waals surface area contributed by atoms with Gasteiger partial charge in [0.2, 0.25) is 5.91 Å². The molecule has 0 unspecified atom stereocenters. The van der Waals surface area contributed by atoms with Crippen molar-refractivity contribution in [3.05, 3.63) is 48.2 Å². The van der Waals surface area contributed by atoms with Crippen LogP contribution in [0, 0.1) is 5.92 Å². The molecule has 2 heterocycles. The number of benzene rings is 1. The SMILES string of the molecule is C=CCn1cc2c3c(cccc31)[C@H](CC(C)C)N[C@H](C(=O)NC1CCCC1)C2. The van der Waals surface area contributed by atoms with Gasteiger partial charge in [0.25, 0.3) is 0 Å². The van der Waals surface area contributed by atoms with Crippen LogP contribution in [0.3, 0.4) is 0 Å². The third kappa shape index (κ3) is 3.75. The predicted molar refractivity (Wildman–Crippen MR) is 115 cm³/mol. The van der Waals surface area contributed by atoms with Crippen molar-refractivity contribution < 1.29 is 4.79 Å². The van der Waals surface area contributed by atoms with Gasteiger partial charge in [0.1, 0.15) is 0 Å². The number of carbonyl (C=O) groups is 1. The lowest BCUT2D eigenvalue weighted by atomic mass is 9.94. The van der Waals surface area contributed by atoms with Crippen LogP contribution in [0.4, 0.5) is 0 Å². The summed E-state index contributed by atoms with van der Waals surface area (Å²) in [6, 6.07) is 6.95. The van der Waals surface area contributed by atoms with Crippen LogP contribution in [-0.4, -0.2) is 22.6 Å². The summed E-state index contributed by atoms with van der Waals surface area (Å²) >= 11 is 0. The van der Waals surface area contributed by atoms with E-state index in [-0.39, 0.29) is 18.0 Å². The fourth-order valence-corrected chi connectivity index (χ4v) is 5.02. The predicted octanol–water partition coefficient (Wildman–Crippen LogP) is 4.49. The molecular formula is C24H33N3O. The number of nitrogens with zero attached hydrogens (tertiary/aromatic N) is 1. The normalized spacial score (nSPS) is 22.5. The smallest absolute Gasteiger partial charge is 0.237 e. The largest absolute Gasteiger partial charge is 0.352 e. The summed E-state index contributed by atoms with van der Waals surface area (Å²) in [4.78, 5) is 13.1. The molecule has 2 aromatic rings. The van der Waals surface area contributed by atoms with E-state index in [0.717, 1.165) is 32.2 Å². The van der Waals surface area contributed by atoms with Gasteiger partial charge in [0, 0.05) is 35.7 Å². The van der Waals surface area contributed by atoms with E-state index in [1.807, 2.05) is 6.08 Å². The molecule has 150 valence electrons. The molecule has 1 aromatic heterocycles. The lowest BCUT2D eigenvalue weighted by molar-refractivity contribution is -0.124. The Morgan fingerprint density at radius 3 is 2.86 bits per heavy atom. The summed E-state index contributed by atoms with van der Waals surface area (Å²) < 4.78 is 2.27. The third-order valence-corrected chi connectivity index (χ3v) is 6.27. The second-order valence-electron chi connectivity index (χ2n) is 8.93. The Morgan fingerprint density at radius 1 is 1.36 bits per heavy atom. The lowest BCUT2D eigenvalue weighted by Gasteiger charge is -2.26. The highest BCUT2D eigenvalue weighted by Gasteiger charge is 2.32. The maximum atomic E-state index is 13.1. The van der Waals surface area contributed by atoms with Gasteiger partial charge in [-0.2, -0.15) is 0 Å². The van der Waals surface area contributed by atoms with Gasteiger partial charge in [-0.05, 0) is 48.8 Å². The fraction of sp³-hybridized carbons (Fsp3) is 0.542. The molecule has 4 rings (SSSR count). The van der Waals surface area contributed by atoms with Gasteiger partial charge in [-0.3, -0.25) is 10.1 Å². The van der Waals surface area contributed by atoms with Gasteiger partial charge < -0.3 is 9.88 Å². The van der Waals surface area contributed by atoms with E-state index in [4.69, 9.17) is 0 Å². The number of amides is 1. The molecule has 0 saturated heterocycles. The molecule has 28 heavy (non-hydrogen) atoms. The van der Waals surface area contributed by atoms with E-state index in [1.54, 1.807) is 0 Å². The summed E-state index contributed by atoms with van der Waals surface area (Å²) in [5, 5.41) is 8.37. The summed E-state index contributed by atoms with van der Waals surface area (Å²) in [6.07, 6.45) is 10.6. The zero-order valence-electron chi connectivity index (χ0n) is 17.2. The zero-order chi connectivity index (χ0) is 19.7. The summed E-state index contributed by atoms with van der Waals surface area (Å²) in [5.74, 6) is 0.723.